The molecule has 2 N–H and O–H groups in total. The summed E-state index contributed by atoms with van der Waals surface area (Å²) in [5.74, 6) is -0.477. The molecule has 1 atom stereocenters. The van der Waals surface area contributed by atoms with E-state index in [2.05, 4.69) is 27.7 Å². The molecular weight excluding hydrogens is 396 g/mol. The number of anilines is 1. The summed E-state index contributed by atoms with van der Waals surface area (Å²) in [5, 5.41) is 5.62. The molecule has 2 aliphatic rings. The number of hydrogen-bond donors (Lipinski definition) is 2. The molecule has 0 bridgehead atoms. The van der Waals surface area contributed by atoms with Gasteiger partial charge in [0.25, 0.3) is 0 Å². The van der Waals surface area contributed by atoms with Gasteiger partial charge in [0.2, 0.25) is 11.8 Å². The number of hydrogen-bond acceptors (Lipinski definition) is 6. The highest BCUT2D eigenvalue weighted by Crippen LogP contribution is 2.21. The summed E-state index contributed by atoms with van der Waals surface area (Å²) >= 11 is 0. The van der Waals surface area contributed by atoms with Crippen LogP contribution in [0.5, 0.6) is 0 Å². The van der Waals surface area contributed by atoms with Gasteiger partial charge in [-0.1, -0.05) is 12.1 Å². The van der Waals surface area contributed by atoms with Crippen molar-refractivity contribution >= 4 is 23.6 Å². The van der Waals surface area contributed by atoms with Gasteiger partial charge >= 0.3 is 6.09 Å². The monoisotopic (exact) mass is 430 g/mol. The molecule has 8 heteroatoms. The van der Waals surface area contributed by atoms with Gasteiger partial charge in [-0.15, -0.1) is 0 Å². The average Bonchev–Trinajstić information content (AvgIpc) is 2.69. The van der Waals surface area contributed by atoms with Crippen LogP contribution in [0.4, 0.5) is 10.5 Å². The molecule has 0 aromatic heterocycles. The third-order valence-electron chi connectivity index (χ3n) is 5.70. The van der Waals surface area contributed by atoms with Crippen LogP contribution in [0.1, 0.15) is 52.0 Å². The second-order valence-corrected chi connectivity index (χ2v) is 9.45. The summed E-state index contributed by atoms with van der Waals surface area (Å²) in [7, 11) is 1.82. The fourth-order valence-corrected chi connectivity index (χ4v) is 4.00. The maximum Gasteiger partial charge on any atom is 0.410 e. The first-order chi connectivity index (χ1) is 14.6. The Morgan fingerprint density at radius 3 is 2.58 bits per heavy atom. The van der Waals surface area contributed by atoms with E-state index in [-0.39, 0.29) is 30.0 Å². The molecule has 8 nitrogen and oxygen atoms in total. The first-order valence-corrected chi connectivity index (χ1v) is 11.0. The summed E-state index contributed by atoms with van der Waals surface area (Å²) in [6.07, 6.45) is 2.41. The van der Waals surface area contributed by atoms with Gasteiger partial charge in [0.05, 0.1) is 0 Å². The van der Waals surface area contributed by atoms with Crippen molar-refractivity contribution in [3.05, 3.63) is 29.8 Å². The lowest BCUT2D eigenvalue weighted by Gasteiger charge is -2.37. The standard InChI is InChI=1S/C23H34N4O4/c1-23(2,3)31-22(30)26(4)18-10-12-27(13-11-18)15-16-6-5-7-17(14-16)24-19-8-9-20(28)25-21(19)29/h5-7,14,18-19,24H,8-13,15H2,1-4H3,(H,25,28,29). The zero-order chi connectivity index (χ0) is 22.6. The van der Waals surface area contributed by atoms with Gasteiger partial charge in [0.1, 0.15) is 11.6 Å². The Balaban J connectivity index is 1.49. The van der Waals surface area contributed by atoms with Gasteiger partial charge in [-0.2, -0.15) is 0 Å². The number of carbonyl (C=O) groups excluding carboxylic acids is 3. The number of benzene rings is 1. The van der Waals surface area contributed by atoms with Crippen LogP contribution in [0.15, 0.2) is 24.3 Å². The number of likely N-dealkylation sites (tertiary alicyclic amines) is 1. The number of nitrogens with zero attached hydrogens (tertiary/aromatic N) is 2. The van der Waals surface area contributed by atoms with E-state index in [0.717, 1.165) is 43.7 Å². The summed E-state index contributed by atoms with van der Waals surface area (Å²) in [5.41, 5.74) is 1.56. The van der Waals surface area contributed by atoms with Gasteiger partial charge in [-0.25, -0.2) is 4.79 Å². The van der Waals surface area contributed by atoms with Crippen molar-refractivity contribution in [2.75, 3.05) is 25.5 Å². The highest BCUT2D eigenvalue weighted by molar-refractivity contribution is 6.01. The predicted octanol–water partition coefficient (Wildman–Crippen LogP) is 2.74. The number of rotatable bonds is 5. The molecule has 2 fully saturated rings. The maximum absolute atomic E-state index is 12.3. The zero-order valence-corrected chi connectivity index (χ0v) is 18.9. The van der Waals surface area contributed by atoms with Gasteiger partial charge in [0, 0.05) is 44.8 Å². The molecule has 2 heterocycles. The summed E-state index contributed by atoms with van der Waals surface area (Å²) in [6.45, 7) is 8.26. The minimum Gasteiger partial charge on any atom is -0.444 e. The van der Waals surface area contributed by atoms with Crippen molar-refractivity contribution < 1.29 is 19.1 Å². The highest BCUT2D eigenvalue weighted by Gasteiger charge is 2.29. The molecule has 2 saturated heterocycles. The molecule has 3 amide bonds. The molecule has 1 aromatic carbocycles. The van der Waals surface area contributed by atoms with Crippen molar-refractivity contribution in [2.45, 2.75) is 70.7 Å². The molecular formula is C23H34N4O4. The topological polar surface area (TPSA) is 91.0 Å². The first kappa shape index (κ1) is 23.1. The fraction of sp³-hybridized carbons (Fsp3) is 0.609. The van der Waals surface area contributed by atoms with Crippen molar-refractivity contribution in [3.63, 3.8) is 0 Å². The minimum absolute atomic E-state index is 0.187. The van der Waals surface area contributed by atoms with Crippen molar-refractivity contribution in [1.29, 1.82) is 0 Å². The lowest BCUT2D eigenvalue weighted by Crippen LogP contribution is -2.47. The average molecular weight is 431 g/mol. The van der Waals surface area contributed by atoms with Crippen LogP contribution < -0.4 is 10.6 Å². The molecule has 2 aliphatic heterocycles. The van der Waals surface area contributed by atoms with Crippen LogP contribution in [-0.4, -0.2) is 65.5 Å². The summed E-state index contributed by atoms with van der Waals surface area (Å²) < 4.78 is 5.48. The third kappa shape index (κ3) is 6.69. The molecule has 0 saturated carbocycles. The van der Waals surface area contributed by atoms with Crippen molar-refractivity contribution in [2.24, 2.45) is 0 Å². The zero-order valence-electron chi connectivity index (χ0n) is 18.9. The third-order valence-corrected chi connectivity index (χ3v) is 5.70. The molecule has 1 aromatic rings. The van der Waals surface area contributed by atoms with Crippen molar-refractivity contribution in [3.8, 4) is 0 Å². The summed E-state index contributed by atoms with van der Waals surface area (Å²) in [6, 6.07) is 7.86. The number of carbonyl (C=O) groups is 3. The van der Waals surface area contributed by atoms with Crippen molar-refractivity contribution in [1.82, 2.24) is 15.1 Å². The minimum atomic E-state index is -0.487. The van der Waals surface area contributed by atoms with E-state index in [1.165, 1.54) is 0 Å². The first-order valence-electron chi connectivity index (χ1n) is 11.0. The van der Waals surface area contributed by atoms with E-state index in [1.807, 2.05) is 40.0 Å². The summed E-state index contributed by atoms with van der Waals surface area (Å²) in [4.78, 5) is 39.7. The number of nitrogens with one attached hydrogen (secondary N) is 2. The number of imide groups is 1. The number of amides is 3. The van der Waals surface area contributed by atoms with E-state index in [4.69, 9.17) is 4.74 Å². The van der Waals surface area contributed by atoms with Gasteiger partial charge in [0.15, 0.2) is 0 Å². The second kappa shape index (κ2) is 9.68. The molecule has 0 aliphatic carbocycles. The van der Waals surface area contributed by atoms with Crippen LogP contribution in [0, 0.1) is 0 Å². The van der Waals surface area contributed by atoms with Gasteiger partial charge < -0.3 is 15.0 Å². The Labute approximate surface area is 184 Å². The SMILES string of the molecule is CN(C(=O)OC(C)(C)C)C1CCN(Cc2cccc(NC3CCC(=O)NC3=O)c2)CC1. The maximum atomic E-state index is 12.3. The van der Waals surface area contributed by atoms with E-state index in [1.54, 1.807) is 4.90 Å². The molecule has 31 heavy (non-hydrogen) atoms. The fourth-order valence-electron chi connectivity index (χ4n) is 4.00. The molecule has 0 spiro atoms. The Hall–Kier alpha value is -2.61. The van der Waals surface area contributed by atoms with Gasteiger partial charge in [-0.05, 0) is 57.7 Å². The Morgan fingerprint density at radius 2 is 1.94 bits per heavy atom. The van der Waals surface area contributed by atoms with E-state index in [0.29, 0.717) is 12.8 Å². The smallest absolute Gasteiger partial charge is 0.410 e. The van der Waals surface area contributed by atoms with E-state index in [9.17, 15) is 14.4 Å². The molecule has 170 valence electrons. The normalized spacial score (nSPS) is 20.8. The molecule has 3 rings (SSSR count). The molecule has 1 unspecified atom stereocenters. The van der Waals surface area contributed by atoms with E-state index >= 15 is 0 Å². The van der Waals surface area contributed by atoms with Crippen LogP contribution in [0.2, 0.25) is 0 Å². The Kier molecular flexibility index (Phi) is 7.20. The van der Waals surface area contributed by atoms with Crippen LogP contribution in [0.3, 0.4) is 0 Å². The van der Waals surface area contributed by atoms with Crippen LogP contribution >= 0.6 is 0 Å². The van der Waals surface area contributed by atoms with E-state index < -0.39 is 5.60 Å². The second-order valence-electron chi connectivity index (χ2n) is 9.45. The van der Waals surface area contributed by atoms with Gasteiger partial charge in [-0.3, -0.25) is 19.8 Å². The largest absolute Gasteiger partial charge is 0.444 e. The predicted molar refractivity (Wildman–Crippen MR) is 119 cm³/mol. The Bertz CT molecular complexity index is 812. The molecule has 0 radical (unpaired) electrons. The van der Waals surface area contributed by atoms with Crippen LogP contribution in [-0.2, 0) is 20.9 Å². The Morgan fingerprint density at radius 1 is 1.23 bits per heavy atom. The lowest BCUT2D eigenvalue weighted by molar-refractivity contribution is -0.133. The lowest BCUT2D eigenvalue weighted by atomic mass is 10.0. The number of ether oxygens (including phenoxy) is 1. The highest BCUT2D eigenvalue weighted by atomic mass is 16.6. The quantitative estimate of drug-likeness (QED) is 0.698. The van der Waals surface area contributed by atoms with Crippen LogP contribution in [0.25, 0.3) is 0 Å². The number of piperidine rings is 2.